The van der Waals surface area contributed by atoms with E-state index in [4.69, 9.17) is 4.74 Å². The summed E-state index contributed by atoms with van der Waals surface area (Å²) in [5, 5.41) is 2.75. The number of amides is 3. The van der Waals surface area contributed by atoms with E-state index >= 15 is 0 Å². The number of morpholine rings is 1. The Morgan fingerprint density at radius 1 is 1.15 bits per heavy atom. The molecule has 1 aromatic carbocycles. The molecule has 3 amide bonds. The van der Waals surface area contributed by atoms with Crippen molar-refractivity contribution in [2.24, 2.45) is 4.99 Å². The molecule has 2 atom stereocenters. The van der Waals surface area contributed by atoms with Crippen molar-refractivity contribution < 1.29 is 36.7 Å². The minimum atomic E-state index is -4.74. The molecule has 3 aliphatic heterocycles. The lowest BCUT2D eigenvalue weighted by molar-refractivity contribution is -0.137. The van der Waals surface area contributed by atoms with Crippen LogP contribution in [0.1, 0.15) is 22.3 Å². The molecule has 1 N–H and O–H groups in total. The van der Waals surface area contributed by atoms with Crippen LogP contribution < -0.4 is 10.2 Å². The van der Waals surface area contributed by atoms with E-state index in [1.165, 1.54) is 34.1 Å². The van der Waals surface area contributed by atoms with E-state index in [2.05, 4.69) is 26.2 Å². The summed E-state index contributed by atoms with van der Waals surface area (Å²) >= 11 is 3.12. The normalized spacial score (nSPS) is 23.2. The lowest BCUT2D eigenvalue weighted by atomic mass is 9.91. The number of aliphatic imine (C=N–C) groups is 1. The summed E-state index contributed by atoms with van der Waals surface area (Å²) < 4.78 is 62.2. The zero-order chi connectivity index (χ0) is 27.9. The van der Waals surface area contributed by atoms with Crippen LogP contribution in [0, 0.1) is 0 Å². The van der Waals surface area contributed by atoms with Crippen LogP contribution in [0.15, 0.2) is 57.0 Å². The number of carbonyl (C=O) groups excluding carboxylic acids is 3. The Morgan fingerprint density at radius 2 is 1.90 bits per heavy atom. The fourth-order valence-electron chi connectivity index (χ4n) is 5.06. The minimum absolute atomic E-state index is 0.00724. The molecule has 4 aliphatic rings. The van der Waals surface area contributed by atoms with Gasteiger partial charge in [0.05, 0.1) is 41.3 Å². The molecule has 0 spiro atoms. The van der Waals surface area contributed by atoms with Crippen LogP contribution in [-0.4, -0.2) is 79.9 Å². The maximum Gasteiger partial charge on any atom is 0.418 e. The number of carbonyl (C=O) groups is 3. The molecule has 0 radical (unpaired) electrons. The zero-order valence-electron chi connectivity index (χ0n) is 20.4. The number of rotatable bonds is 4. The fourth-order valence-corrected chi connectivity index (χ4v) is 5.52. The summed E-state index contributed by atoms with van der Waals surface area (Å²) in [4.78, 5) is 45.1. The van der Waals surface area contributed by atoms with Crippen molar-refractivity contribution in [2.45, 2.75) is 24.8 Å². The molecule has 0 saturated carbocycles. The van der Waals surface area contributed by atoms with Gasteiger partial charge in [0.25, 0.3) is 17.7 Å². The Bertz CT molecular complexity index is 1350. The topological polar surface area (TPSA) is 91.3 Å². The number of halogens is 5. The highest BCUT2D eigenvalue weighted by atomic mass is 79.9. The molecular weight excluding hydrogens is 588 g/mol. The van der Waals surface area contributed by atoms with Crippen LogP contribution in [0.2, 0.25) is 0 Å². The Labute approximate surface area is 229 Å². The summed E-state index contributed by atoms with van der Waals surface area (Å²) in [6.45, 7) is 1.23. The number of dihydropyridines is 1. The summed E-state index contributed by atoms with van der Waals surface area (Å²) in [7, 11) is 0. The number of nitrogens with zero attached hydrogens (tertiary/aromatic N) is 3. The van der Waals surface area contributed by atoms with Gasteiger partial charge in [0.1, 0.15) is 0 Å². The molecule has 1 unspecified atom stereocenters. The monoisotopic (exact) mass is 610 g/mol. The number of fused-ring (bicyclic) bond motifs is 1. The van der Waals surface area contributed by atoms with Crippen molar-refractivity contribution in [1.29, 1.82) is 0 Å². The van der Waals surface area contributed by atoms with Crippen LogP contribution in [0.4, 0.5) is 23.2 Å². The van der Waals surface area contributed by atoms with Crippen molar-refractivity contribution in [3.05, 3.63) is 63.2 Å². The van der Waals surface area contributed by atoms with Crippen LogP contribution in [-0.2, 0) is 20.5 Å². The maximum absolute atomic E-state index is 14.3. The van der Waals surface area contributed by atoms with Gasteiger partial charge in [-0.1, -0.05) is 28.1 Å². The van der Waals surface area contributed by atoms with Crippen molar-refractivity contribution >= 4 is 45.1 Å². The van der Waals surface area contributed by atoms with Crippen molar-refractivity contribution in [1.82, 2.24) is 10.2 Å². The Kier molecular flexibility index (Phi) is 7.47. The van der Waals surface area contributed by atoms with Gasteiger partial charge in [0, 0.05) is 48.3 Å². The Hall–Kier alpha value is -3.32. The highest BCUT2D eigenvalue weighted by Crippen LogP contribution is 2.42. The SMILES string of the molecule is O=C1C=C(C(=O)N[C@@H]2CCN(c3c(C(=O)N4CCOCC4)cc(Br)cc3C(F)(F)F)C2)C2=CC=CC(F)C2=N1. The predicted molar refractivity (Wildman–Crippen MR) is 137 cm³/mol. The largest absolute Gasteiger partial charge is 0.418 e. The number of benzene rings is 1. The molecule has 0 aromatic heterocycles. The second-order valence-electron chi connectivity index (χ2n) is 9.42. The number of allylic oxidation sites excluding steroid dienone is 3. The van der Waals surface area contributed by atoms with E-state index in [1.54, 1.807) is 0 Å². The Morgan fingerprint density at radius 3 is 2.62 bits per heavy atom. The van der Waals surface area contributed by atoms with Gasteiger partial charge < -0.3 is 19.9 Å². The third-order valence-corrected chi connectivity index (χ3v) is 7.32. The van der Waals surface area contributed by atoms with E-state index in [9.17, 15) is 31.9 Å². The van der Waals surface area contributed by atoms with E-state index < -0.39 is 41.7 Å². The van der Waals surface area contributed by atoms with Gasteiger partial charge in [-0.2, -0.15) is 13.2 Å². The summed E-state index contributed by atoms with van der Waals surface area (Å²) in [6, 6.07) is 1.73. The van der Waals surface area contributed by atoms with Gasteiger partial charge >= 0.3 is 6.18 Å². The average Bonchev–Trinajstić information content (AvgIpc) is 3.35. The molecule has 2 saturated heterocycles. The number of anilines is 1. The smallest absolute Gasteiger partial charge is 0.378 e. The molecule has 206 valence electrons. The third-order valence-electron chi connectivity index (χ3n) is 6.86. The Balaban J connectivity index is 1.40. The molecule has 2 fully saturated rings. The van der Waals surface area contributed by atoms with Crippen molar-refractivity contribution in [3.63, 3.8) is 0 Å². The summed E-state index contributed by atoms with van der Waals surface area (Å²) in [5.41, 5.74) is -1.34. The van der Waals surface area contributed by atoms with Gasteiger partial charge in [-0.15, -0.1) is 0 Å². The quantitative estimate of drug-likeness (QED) is 0.528. The first kappa shape index (κ1) is 27.3. The van der Waals surface area contributed by atoms with Crippen LogP contribution in [0.3, 0.4) is 0 Å². The zero-order valence-corrected chi connectivity index (χ0v) is 22.0. The van der Waals surface area contributed by atoms with E-state index in [1.807, 2.05) is 0 Å². The lowest BCUT2D eigenvalue weighted by Crippen LogP contribution is -2.42. The first-order valence-electron chi connectivity index (χ1n) is 12.2. The molecule has 8 nitrogen and oxygen atoms in total. The first-order chi connectivity index (χ1) is 18.5. The second kappa shape index (κ2) is 10.7. The van der Waals surface area contributed by atoms with Crippen LogP contribution in [0.5, 0.6) is 0 Å². The summed E-state index contributed by atoms with van der Waals surface area (Å²) in [5.74, 6) is -1.97. The molecular formula is C26H23BrF4N4O4. The van der Waals surface area contributed by atoms with Crippen LogP contribution >= 0.6 is 15.9 Å². The lowest BCUT2D eigenvalue weighted by Gasteiger charge is -2.31. The van der Waals surface area contributed by atoms with E-state index in [0.29, 0.717) is 13.2 Å². The highest BCUT2D eigenvalue weighted by Gasteiger charge is 2.40. The van der Waals surface area contributed by atoms with E-state index in [0.717, 1.165) is 12.1 Å². The van der Waals surface area contributed by atoms with E-state index in [-0.39, 0.29) is 65.2 Å². The van der Waals surface area contributed by atoms with Gasteiger partial charge in [-0.3, -0.25) is 14.4 Å². The molecule has 13 heteroatoms. The third kappa shape index (κ3) is 5.55. The van der Waals surface area contributed by atoms with Gasteiger partial charge in [-0.25, -0.2) is 9.38 Å². The van der Waals surface area contributed by atoms with Gasteiger partial charge in [-0.05, 0) is 24.6 Å². The molecule has 39 heavy (non-hydrogen) atoms. The fraction of sp³-hybridized carbons (Fsp3) is 0.385. The summed E-state index contributed by atoms with van der Waals surface area (Å²) in [6.07, 6.45) is -0.963. The molecule has 0 bridgehead atoms. The number of ether oxygens (including phenoxy) is 1. The molecule has 3 heterocycles. The van der Waals surface area contributed by atoms with Crippen molar-refractivity contribution in [2.75, 3.05) is 44.3 Å². The number of alkyl halides is 4. The number of nitrogens with one attached hydrogen (secondary N) is 1. The van der Waals surface area contributed by atoms with Crippen LogP contribution in [0.25, 0.3) is 0 Å². The maximum atomic E-state index is 14.3. The standard InChI is InChI=1S/C26H23BrF4N4O4/c27-14-10-18(25(38)34-6-8-39-9-7-34)23(19(11-14)26(29,30)31)35-5-4-15(13-35)32-24(37)17-12-21(36)33-22-16(17)2-1-3-20(22)28/h1-3,10-12,15,20H,4-9,13H2,(H,32,37)/t15-,20?/m1/s1. The first-order valence-corrected chi connectivity index (χ1v) is 13.0. The average molecular weight is 611 g/mol. The minimum Gasteiger partial charge on any atom is -0.378 e. The molecule has 1 aromatic rings. The van der Waals surface area contributed by atoms with Gasteiger partial charge in [0.2, 0.25) is 0 Å². The molecule has 5 rings (SSSR count). The second-order valence-corrected chi connectivity index (χ2v) is 10.3. The number of hydrogen-bond donors (Lipinski definition) is 1. The highest BCUT2D eigenvalue weighted by molar-refractivity contribution is 9.10. The van der Waals surface area contributed by atoms with Crippen molar-refractivity contribution in [3.8, 4) is 0 Å². The number of hydrogen-bond acceptors (Lipinski definition) is 5. The predicted octanol–water partition coefficient (Wildman–Crippen LogP) is 3.38. The van der Waals surface area contributed by atoms with Gasteiger partial charge in [0.15, 0.2) is 6.17 Å². The molecule has 1 aliphatic carbocycles.